The zero-order valence-corrected chi connectivity index (χ0v) is 12.9. The molecule has 2 N–H and O–H groups in total. The van der Waals surface area contributed by atoms with Gasteiger partial charge in [-0.25, -0.2) is 13.1 Å². The van der Waals surface area contributed by atoms with Gasteiger partial charge >= 0.3 is 0 Å². The lowest BCUT2D eigenvalue weighted by atomic mass is 10.2. The van der Waals surface area contributed by atoms with Crippen LogP contribution in [0.25, 0.3) is 0 Å². The summed E-state index contributed by atoms with van der Waals surface area (Å²) in [6.07, 6.45) is 2.06. The van der Waals surface area contributed by atoms with Gasteiger partial charge in [0.1, 0.15) is 5.69 Å². The van der Waals surface area contributed by atoms with E-state index in [-0.39, 0.29) is 10.6 Å². The summed E-state index contributed by atoms with van der Waals surface area (Å²) in [6.45, 7) is 4.37. The molecule has 7 nitrogen and oxygen atoms in total. The highest BCUT2D eigenvalue weighted by atomic mass is 32.2. The molecular formula is C13H19N3O4S. The highest BCUT2D eigenvalue weighted by Crippen LogP contribution is 2.31. The number of nitrogens with one attached hydrogen (secondary N) is 2. The van der Waals surface area contributed by atoms with Crippen molar-refractivity contribution in [1.82, 2.24) is 4.72 Å². The molecule has 2 rings (SSSR count). The maximum absolute atomic E-state index is 12.3. The second-order valence-electron chi connectivity index (χ2n) is 5.22. The molecule has 0 aliphatic heterocycles. The van der Waals surface area contributed by atoms with Gasteiger partial charge in [-0.3, -0.25) is 10.1 Å². The summed E-state index contributed by atoms with van der Waals surface area (Å²) in [5.74, 6) is 0.399. The fourth-order valence-corrected chi connectivity index (χ4v) is 3.44. The predicted molar refractivity (Wildman–Crippen MR) is 79.9 cm³/mol. The van der Waals surface area contributed by atoms with Crippen LogP contribution in [0, 0.1) is 23.0 Å². The molecule has 1 aliphatic carbocycles. The second-order valence-corrected chi connectivity index (χ2v) is 6.95. The molecule has 1 aromatic carbocycles. The van der Waals surface area contributed by atoms with Gasteiger partial charge in [0, 0.05) is 19.2 Å². The minimum absolute atomic E-state index is 0.0310. The van der Waals surface area contributed by atoms with Crippen LogP contribution >= 0.6 is 0 Å². The fraction of sp³-hybridized carbons (Fsp3) is 0.538. The van der Waals surface area contributed by atoms with Crippen LogP contribution in [0.4, 0.5) is 11.4 Å². The molecule has 0 saturated heterocycles. The molecule has 116 valence electrons. The average molecular weight is 313 g/mol. The Bertz CT molecular complexity index is 654. The van der Waals surface area contributed by atoms with Gasteiger partial charge in [-0.2, -0.15) is 0 Å². The Morgan fingerprint density at radius 2 is 2.05 bits per heavy atom. The van der Waals surface area contributed by atoms with Crippen LogP contribution < -0.4 is 10.0 Å². The van der Waals surface area contributed by atoms with E-state index < -0.39 is 14.9 Å². The molecule has 0 atom stereocenters. The van der Waals surface area contributed by atoms with Crippen molar-refractivity contribution in [3.05, 3.63) is 27.8 Å². The molecule has 0 aromatic heterocycles. The van der Waals surface area contributed by atoms with Crippen LogP contribution in [0.5, 0.6) is 0 Å². The van der Waals surface area contributed by atoms with Crippen LogP contribution in [0.3, 0.4) is 0 Å². The minimum atomic E-state index is -3.72. The molecule has 0 heterocycles. The molecule has 0 bridgehead atoms. The van der Waals surface area contributed by atoms with E-state index in [9.17, 15) is 18.5 Å². The van der Waals surface area contributed by atoms with Crippen LogP contribution in [-0.2, 0) is 10.0 Å². The highest BCUT2D eigenvalue weighted by molar-refractivity contribution is 7.89. The lowest BCUT2D eigenvalue weighted by Crippen LogP contribution is -2.26. The third-order valence-corrected chi connectivity index (χ3v) is 4.97. The van der Waals surface area contributed by atoms with Crippen molar-refractivity contribution in [3.63, 3.8) is 0 Å². The van der Waals surface area contributed by atoms with Crippen LogP contribution in [-0.4, -0.2) is 26.4 Å². The van der Waals surface area contributed by atoms with Crippen molar-refractivity contribution in [2.24, 2.45) is 5.92 Å². The molecule has 8 heteroatoms. The standard InChI is InChI=1S/C13H19N3O4S/c1-3-14-11-6-9(2)13(7-12(11)16(17)18)21(19,20)15-8-10-4-5-10/h6-7,10,14-15H,3-5,8H2,1-2H3. The number of rotatable bonds is 7. The number of nitrogens with zero attached hydrogens (tertiary/aromatic N) is 1. The molecular weight excluding hydrogens is 294 g/mol. The number of hydrogen-bond donors (Lipinski definition) is 2. The first-order valence-corrected chi connectivity index (χ1v) is 8.36. The third-order valence-electron chi connectivity index (χ3n) is 3.41. The number of nitro benzene ring substituents is 1. The highest BCUT2D eigenvalue weighted by Gasteiger charge is 2.27. The van der Waals surface area contributed by atoms with Gasteiger partial charge in [0.05, 0.1) is 9.82 Å². The van der Waals surface area contributed by atoms with Gasteiger partial charge in [-0.05, 0) is 44.2 Å². The Kier molecular flexibility index (Phi) is 4.48. The molecule has 1 saturated carbocycles. The van der Waals surface area contributed by atoms with Gasteiger partial charge < -0.3 is 5.32 Å². The quantitative estimate of drug-likeness (QED) is 0.592. The molecule has 1 fully saturated rings. The van der Waals surface area contributed by atoms with Gasteiger partial charge in [-0.15, -0.1) is 0 Å². The SMILES string of the molecule is CCNc1cc(C)c(S(=O)(=O)NCC2CC2)cc1[N+](=O)[O-]. The normalized spacial score (nSPS) is 15.0. The summed E-state index contributed by atoms with van der Waals surface area (Å²) in [5.41, 5.74) is 0.593. The van der Waals surface area contributed by atoms with E-state index in [4.69, 9.17) is 0 Å². The molecule has 0 unspecified atom stereocenters. The van der Waals surface area contributed by atoms with Crippen LogP contribution in [0.1, 0.15) is 25.3 Å². The maximum atomic E-state index is 12.3. The molecule has 0 amide bonds. The summed E-state index contributed by atoms with van der Waals surface area (Å²) in [5, 5.41) is 14.0. The molecule has 1 aliphatic rings. The largest absolute Gasteiger partial charge is 0.380 e. The first-order valence-electron chi connectivity index (χ1n) is 6.87. The van der Waals surface area contributed by atoms with Gasteiger partial charge in [0.15, 0.2) is 0 Å². The summed E-state index contributed by atoms with van der Waals surface area (Å²) in [4.78, 5) is 10.5. The number of benzene rings is 1. The first-order chi connectivity index (χ1) is 9.85. The zero-order valence-electron chi connectivity index (χ0n) is 12.0. The number of sulfonamides is 1. The average Bonchev–Trinajstić information content (AvgIpc) is 3.20. The minimum Gasteiger partial charge on any atom is -0.380 e. The third kappa shape index (κ3) is 3.70. The molecule has 21 heavy (non-hydrogen) atoms. The maximum Gasteiger partial charge on any atom is 0.293 e. The number of nitro groups is 1. The monoisotopic (exact) mass is 313 g/mol. The van der Waals surface area contributed by atoms with Gasteiger partial charge in [0.2, 0.25) is 10.0 Å². The Hall–Kier alpha value is -1.67. The van der Waals surface area contributed by atoms with E-state index >= 15 is 0 Å². The first kappa shape index (κ1) is 15.7. The van der Waals surface area contributed by atoms with Crippen molar-refractivity contribution in [2.75, 3.05) is 18.4 Å². The van der Waals surface area contributed by atoms with Crippen molar-refractivity contribution in [2.45, 2.75) is 31.6 Å². The Labute approximate surface area is 123 Å². The van der Waals surface area contributed by atoms with Gasteiger partial charge in [0.25, 0.3) is 5.69 Å². The number of aryl methyl sites for hydroxylation is 1. The predicted octanol–water partition coefficient (Wildman–Crippen LogP) is 2.02. The van der Waals surface area contributed by atoms with Gasteiger partial charge in [-0.1, -0.05) is 0 Å². The van der Waals surface area contributed by atoms with E-state index in [0.29, 0.717) is 30.3 Å². The summed E-state index contributed by atoms with van der Waals surface area (Å²) >= 11 is 0. The summed E-state index contributed by atoms with van der Waals surface area (Å²) in [6, 6.07) is 2.63. The van der Waals surface area contributed by atoms with Crippen molar-refractivity contribution in [3.8, 4) is 0 Å². The Balaban J connectivity index is 2.38. The number of anilines is 1. The Morgan fingerprint density at radius 3 is 2.57 bits per heavy atom. The summed E-state index contributed by atoms with van der Waals surface area (Å²) < 4.78 is 27.1. The lowest BCUT2D eigenvalue weighted by molar-refractivity contribution is -0.384. The molecule has 0 radical (unpaired) electrons. The lowest BCUT2D eigenvalue weighted by Gasteiger charge is -2.12. The molecule has 0 spiro atoms. The van der Waals surface area contributed by atoms with E-state index in [1.165, 1.54) is 6.07 Å². The van der Waals surface area contributed by atoms with E-state index in [0.717, 1.165) is 18.9 Å². The molecule has 1 aromatic rings. The van der Waals surface area contributed by atoms with E-state index in [1.54, 1.807) is 6.92 Å². The van der Waals surface area contributed by atoms with Crippen molar-refractivity contribution < 1.29 is 13.3 Å². The zero-order chi connectivity index (χ0) is 15.6. The van der Waals surface area contributed by atoms with Crippen molar-refractivity contribution in [1.29, 1.82) is 0 Å². The topological polar surface area (TPSA) is 101 Å². The van der Waals surface area contributed by atoms with E-state index in [1.807, 2.05) is 6.92 Å². The van der Waals surface area contributed by atoms with Crippen molar-refractivity contribution >= 4 is 21.4 Å². The van der Waals surface area contributed by atoms with Crippen LogP contribution in [0.15, 0.2) is 17.0 Å². The summed E-state index contributed by atoms with van der Waals surface area (Å²) in [7, 11) is -3.72. The second kappa shape index (κ2) is 5.98. The fourth-order valence-electron chi connectivity index (χ4n) is 2.08. The smallest absolute Gasteiger partial charge is 0.293 e. The van der Waals surface area contributed by atoms with Crippen LogP contribution in [0.2, 0.25) is 0 Å². The number of hydrogen-bond acceptors (Lipinski definition) is 5. The Morgan fingerprint density at radius 1 is 1.38 bits per heavy atom. The van der Waals surface area contributed by atoms with E-state index in [2.05, 4.69) is 10.0 Å².